The van der Waals surface area contributed by atoms with Crippen molar-refractivity contribution in [1.82, 2.24) is 9.78 Å². The second kappa shape index (κ2) is 4.00. The van der Waals surface area contributed by atoms with Crippen LogP contribution in [0.4, 0.5) is 5.82 Å². The Kier molecular flexibility index (Phi) is 2.69. The Morgan fingerprint density at radius 1 is 1.31 bits per heavy atom. The van der Waals surface area contributed by atoms with Crippen LogP contribution in [0, 0.1) is 13.8 Å². The molecule has 3 heteroatoms. The highest BCUT2D eigenvalue weighted by Gasteiger charge is 2.09. The van der Waals surface area contributed by atoms with Crippen molar-refractivity contribution in [3.05, 3.63) is 41.1 Å². The third kappa shape index (κ3) is 1.69. The van der Waals surface area contributed by atoms with E-state index < -0.39 is 0 Å². The molecule has 2 rings (SSSR count). The van der Waals surface area contributed by atoms with Gasteiger partial charge in [-0.3, -0.25) is 0 Å². The third-order valence-corrected chi connectivity index (χ3v) is 2.86. The summed E-state index contributed by atoms with van der Waals surface area (Å²) >= 11 is 0. The van der Waals surface area contributed by atoms with Gasteiger partial charge in [0.2, 0.25) is 0 Å². The van der Waals surface area contributed by atoms with Gasteiger partial charge in [-0.25, -0.2) is 4.68 Å². The highest BCUT2D eigenvalue weighted by atomic mass is 15.3. The van der Waals surface area contributed by atoms with Crippen LogP contribution in [0.15, 0.2) is 24.4 Å². The molecule has 3 nitrogen and oxygen atoms in total. The lowest BCUT2D eigenvalue weighted by atomic mass is 10.1. The molecule has 1 heterocycles. The van der Waals surface area contributed by atoms with Gasteiger partial charge in [0.25, 0.3) is 0 Å². The second-order valence-electron chi connectivity index (χ2n) is 4.11. The van der Waals surface area contributed by atoms with Gasteiger partial charge >= 0.3 is 0 Å². The summed E-state index contributed by atoms with van der Waals surface area (Å²) in [5, 5.41) is 4.35. The maximum absolute atomic E-state index is 6.07. The molecule has 0 saturated carbocycles. The van der Waals surface area contributed by atoms with Gasteiger partial charge in [0.1, 0.15) is 5.82 Å². The number of anilines is 1. The minimum atomic E-state index is 0.746. The molecule has 0 aliphatic carbocycles. The summed E-state index contributed by atoms with van der Waals surface area (Å²) in [6.45, 7) is 6.23. The molecule has 0 amide bonds. The van der Waals surface area contributed by atoms with Crippen molar-refractivity contribution in [3.8, 4) is 5.69 Å². The first-order valence-corrected chi connectivity index (χ1v) is 5.53. The highest BCUT2D eigenvalue weighted by Crippen LogP contribution is 2.21. The van der Waals surface area contributed by atoms with E-state index in [0.717, 1.165) is 23.5 Å². The lowest BCUT2D eigenvalue weighted by Crippen LogP contribution is -2.04. The molecule has 0 fully saturated rings. The number of nitrogens with two attached hydrogens (primary N) is 1. The normalized spacial score (nSPS) is 10.7. The number of nitrogen functional groups attached to an aromatic ring is 1. The Labute approximate surface area is 95.9 Å². The van der Waals surface area contributed by atoms with Gasteiger partial charge in [-0.15, -0.1) is 0 Å². The molecule has 84 valence electrons. The van der Waals surface area contributed by atoms with Crippen LogP contribution >= 0.6 is 0 Å². The molecular formula is C13H17N3. The topological polar surface area (TPSA) is 43.8 Å². The van der Waals surface area contributed by atoms with Gasteiger partial charge in [-0.1, -0.05) is 19.1 Å². The number of hydrogen-bond donors (Lipinski definition) is 1. The van der Waals surface area contributed by atoms with Gasteiger partial charge in [0.05, 0.1) is 11.9 Å². The van der Waals surface area contributed by atoms with E-state index in [1.807, 2.05) is 10.9 Å². The van der Waals surface area contributed by atoms with Crippen LogP contribution in [0.1, 0.15) is 23.6 Å². The Hall–Kier alpha value is -1.77. The second-order valence-corrected chi connectivity index (χ2v) is 4.11. The quantitative estimate of drug-likeness (QED) is 0.837. The number of aryl methyl sites for hydroxylation is 3. The highest BCUT2D eigenvalue weighted by molar-refractivity contribution is 5.51. The first-order valence-electron chi connectivity index (χ1n) is 5.53. The summed E-state index contributed by atoms with van der Waals surface area (Å²) in [7, 11) is 0. The predicted octanol–water partition coefficient (Wildman–Crippen LogP) is 2.63. The maximum atomic E-state index is 6.07. The van der Waals surface area contributed by atoms with E-state index in [1.165, 1.54) is 11.1 Å². The Morgan fingerprint density at radius 3 is 2.69 bits per heavy atom. The Balaban J connectivity index is 2.58. The smallest absolute Gasteiger partial charge is 0.130 e. The van der Waals surface area contributed by atoms with Crippen LogP contribution < -0.4 is 5.73 Å². The molecule has 0 spiro atoms. The van der Waals surface area contributed by atoms with Crippen molar-refractivity contribution in [2.75, 3.05) is 5.73 Å². The van der Waals surface area contributed by atoms with E-state index >= 15 is 0 Å². The fraction of sp³-hybridized carbons (Fsp3) is 0.308. The molecular weight excluding hydrogens is 198 g/mol. The zero-order valence-electron chi connectivity index (χ0n) is 9.99. The molecule has 0 atom stereocenters. The van der Waals surface area contributed by atoms with Gasteiger partial charge in [-0.2, -0.15) is 5.10 Å². The zero-order chi connectivity index (χ0) is 11.7. The van der Waals surface area contributed by atoms with Crippen LogP contribution in [0.25, 0.3) is 5.69 Å². The van der Waals surface area contributed by atoms with E-state index in [1.54, 1.807) is 0 Å². The molecule has 0 bridgehead atoms. The molecule has 0 aliphatic heterocycles. The lowest BCUT2D eigenvalue weighted by Gasteiger charge is -2.09. The van der Waals surface area contributed by atoms with Crippen molar-refractivity contribution < 1.29 is 0 Å². The number of nitrogens with zero attached hydrogens (tertiary/aromatic N) is 2. The fourth-order valence-corrected chi connectivity index (χ4v) is 1.80. The van der Waals surface area contributed by atoms with Crippen LogP contribution in [0.2, 0.25) is 0 Å². The molecule has 2 N–H and O–H groups in total. The minimum Gasteiger partial charge on any atom is -0.383 e. The van der Waals surface area contributed by atoms with Crippen molar-refractivity contribution in [1.29, 1.82) is 0 Å². The molecule has 16 heavy (non-hydrogen) atoms. The van der Waals surface area contributed by atoms with Crippen molar-refractivity contribution in [2.24, 2.45) is 0 Å². The molecule has 1 aromatic heterocycles. The van der Waals surface area contributed by atoms with Gasteiger partial charge < -0.3 is 5.73 Å². The van der Waals surface area contributed by atoms with Crippen molar-refractivity contribution in [3.63, 3.8) is 0 Å². The fourth-order valence-electron chi connectivity index (χ4n) is 1.80. The standard InChI is InChI=1S/C13H17N3/c1-4-11-8-15-16(13(11)14)12-7-9(2)5-6-10(12)3/h5-8H,4,14H2,1-3H3. The third-order valence-electron chi connectivity index (χ3n) is 2.86. The summed E-state index contributed by atoms with van der Waals surface area (Å²) in [4.78, 5) is 0. The maximum Gasteiger partial charge on any atom is 0.130 e. The average Bonchev–Trinajstić information content (AvgIpc) is 2.63. The van der Waals surface area contributed by atoms with E-state index in [-0.39, 0.29) is 0 Å². The van der Waals surface area contributed by atoms with E-state index in [4.69, 9.17) is 5.73 Å². The van der Waals surface area contributed by atoms with E-state index in [2.05, 4.69) is 44.1 Å². The lowest BCUT2D eigenvalue weighted by molar-refractivity contribution is 0.881. The Morgan fingerprint density at radius 2 is 2.06 bits per heavy atom. The van der Waals surface area contributed by atoms with Crippen molar-refractivity contribution in [2.45, 2.75) is 27.2 Å². The first-order chi connectivity index (χ1) is 7.63. The molecule has 0 unspecified atom stereocenters. The molecule has 1 aromatic carbocycles. The molecule has 0 saturated heterocycles. The Bertz CT molecular complexity index is 512. The monoisotopic (exact) mass is 215 g/mol. The first kappa shape index (κ1) is 10.7. The number of rotatable bonds is 2. The van der Waals surface area contributed by atoms with Gasteiger partial charge in [0, 0.05) is 5.56 Å². The zero-order valence-corrected chi connectivity index (χ0v) is 9.99. The van der Waals surface area contributed by atoms with Crippen LogP contribution in [-0.2, 0) is 6.42 Å². The van der Waals surface area contributed by atoms with Crippen molar-refractivity contribution >= 4 is 5.82 Å². The number of aromatic nitrogens is 2. The SMILES string of the molecule is CCc1cnn(-c2cc(C)ccc2C)c1N. The molecule has 2 aromatic rings. The molecule has 0 aliphatic rings. The summed E-state index contributed by atoms with van der Waals surface area (Å²) < 4.78 is 1.82. The summed E-state index contributed by atoms with van der Waals surface area (Å²) in [6, 6.07) is 6.30. The van der Waals surface area contributed by atoms with Gasteiger partial charge in [-0.05, 0) is 37.5 Å². The summed E-state index contributed by atoms with van der Waals surface area (Å²) in [5.74, 6) is 0.746. The predicted molar refractivity (Wildman–Crippen MR) is 66.8 cm³/mol. The number of benzene rings is 1. The average molecular weight is 215 g/mol. The van der Waals surface area contributed by atoms with Crippen LogP contribution in [0.3, 0.4) is 0 Å². The van der Waals surface area contributed by atoms with Gasteiger partial charge in [0.15, 0.2) is 0 Å². The summed E-state index contributed by atoms with van der Waals surface area (Å²) in [6.07, 6.45) is 2.76. The molecule has 0 radical (unpaired) electrons. The minimum absolute atomic E-state index is 0.746. The largest absolute Gasteiger partial charge is 0.383 e. The van der Waals surface area contributed by atoms with Crippen LogP contribution in [0.5, 0.6) is 0 Å². The van der Waals surface area contributed by atoms with E-state index in [9.17, 15) is 0 Å². The van der Waals surface area contributed by atoms with E-state index in [0.29, 0.717) is 0 Å². The summed E-state index contributed by atoms with van der Waals surface area (Å²) in [5.41, 5.74) is 10.6. The number of hydrogen-bond acceptors (Lipinski definition) is 2. The van der Waals surface area contributed by atoms with Crippen LogP contribution in [-0.4, -0.2) is 9.78 Å².